The highest BCUT2D eigenvalue weighted by Gasteiger charge is 2.15. The van der Waals surface area contributed by atoms with Crippen LogP contribution in [0.25, 0.3) is 0 Å². The maximum absolute atomic E-state index is 11.0. The topological polar surface area (TPSA) is 119 Å². The molecule has 0 bridgehead atoms. The molecule has 4 aromatic rings. The molecule has 184 valence electrons. The lowest BCUT2D eigenvalue weighted by Gasteiger charge is -2.08. The van der Waals surface area contributed by atoms with Gasteiger partial charge < -0.3 is 19.7 Å². The van der Waals surface area contributed by atoms with Crippen LogP contribution < -0.4 is 9.47 Å². The first-order valence-corrected chi connectivity index (χ1v) is 11.3. The highest BCUT2D eigenvalue weighted by molar-refractivity contribution is 6.34. The van der Waals surface area contributed by atoms with Crippen LogP contribution in [0.2, 0.25) is 20.1 Å². The first-order valence-electron chi connectivity index (χ1n) is 9.78. The SMILES string of the molecule is O=C(O)c1cccnc1Oc1cc(Cl)ccc1Cl.O=C(O)c1cccnc1Oc1cc(Cl)ccc1Cl. The Labute approximate surface area is 224 Å². The second kappa shape index (κ2) is 12.4. The van der Waals surface area contributed by atoms with E-state index in [-0.39, 0.29) is 34.4 Å². The normalized spacial score (nSPS) is 10.1. The predicted molar refractivity (Wildman–Crippen MR) is 135 cm³/mol. The molecule has 36 heavy (non-hydrogen) atoms. The van der Waals surface area contributed by atoms with E-state index in [0.717, 1.165) is 0 Å². The number of halogens is 4. The number of rotatable bonds is 6. The van der Waals surface area contributed by atoms with Crippen LogP contribution in [0.1, 0.15) is 20.7 Å². The van der Waals surface area contributed by atoms with Crippen LogP contribution in [-0.2, 0) is 0 Å². The van der Waals surface area contributed by atoms with Gasteiger partial charge in [0.05, 0.1) is 10.0 Å². The van der Waals surface area contributed by atoms with E-state index in [9.17, 15) is 9.59 Å². The lowest BCUT2D eigenvalue weighted by Crippen LogP contribution is -2.01. The summed E-state index contributed by atoms with van der Waals surface area (Å²) < 4.78 is 10.7. The minimum atomic E-state index is -1.13. The molecule has 0 fully saturated rings. The molecule has 0 spiro atoms. The van der Waals surface area contributed by atoms with Crippen molar-refractivity contribution in [3.63, 3.8) is 0 Å². The molecular formula is C24H14Cl4N2O6. The van der Waals surface area contributed by atoms with Crippen molar-refractivity contribution in [2.75, 3.05) is 0 Å². The van der Waals surface area contributed by atoms with Crippen LogP contribution in [0.5, 0.6) is 23.3 Å². The number of hydrogen-bond donors (Lipinski definition) is 2. The molecule has 4 rings (SSSR count). The fourth-order valence-electron chi connectivity index (χ4n) is 2.59. The van der Waals surface area contributed by atoms with Gasteiger partial charge in [-0.25, -0.2) is 19.6 Å². The van der Waals surface area contributed by atoms with E-state index in [0.29, 0.717) is 20.1 Å². The van der Waals surface area contributed by atoms with Crippen molar-refractivity contribution in [3.05, 3.63) is 104 Å². The summed E-state index contributed by atoms with van der Waals surface area (Å²) in [5.74, 6) is -1.81. The van der Waals surface area contributed by atoms with E-state index in [2.05, 4.69) is 9.97 Å². The number of hydrogen-bond acceptors (Lipinski definition) is 6. The van der Waals surface area contributed by atoms with E-state index in [1.807, 2.05) is 0 Å². The van der Waals surface area contributed by atoms with Gasteiger partial charge >= 0.3 is 11.9 Å². The van der Waals surface area contributed by atoms with E-state index in [1.54, 1.807) is 24.3 Å². The van der Waals surface area contributed by atoms with Crippen molar-refractivity contribution in [1.29, 1.82) is 0 Å². The molecule has 0 radical (unpaired) electrons. The van der Waals surface area contributed by atoms with Crippen molar-refractivity contribution in [2.24, 2.45) is 0 Å². The lowest BCUT2D eigenvalue weighted by molar-refractivity contribution is 0.0682. The highest BCUT2D eigenvalue weighted by Crippen LogP contribution is 2.33. The maximum atomic E-state index is 11.0. The Kier molecular flexibility index (Phi) is 9.32. The zero-order valence-corrected chi connectivity index (χ0v) is 20.9. The summed E-state index contributed by atoms with van der Waals surface area (Å²) in [6, 6.07) is 15.1. The Morgan fingerprint density at radius 3 is 1.39 bits per heavy atom. The number of aromatic carboxylic acids is 2. The summed E-state index contributed by atoms with van der Waals surface area (Å²) in [7, 11) is 0. The van der Waals surface area contributed by atoms with Gasteiger partial charge in [0.25, 0.3) is 0 Å². The van der Waals surface area contributed by atoms with Gasteiger partial charge in [-0.2, -0.15) is 0 Å². The summed E-state index contributed by atoms with van der Waals surface area (Å²) in [6.45, 7) is 0. The van der Waals surface area contributed by atoms with E-state index < -0.39 is 11.9 Å². The standard InChI is InChI=1S/2C12H7Cl2NO3/c2*13-7-3-4-9(14)10(6-7)18-11-8(12(16)17)2-1-5-15-11/h2*1-6H,(H,16,17). The number of benzene rings is 2. The van der Waals surface area contributed by atoms with Crippen LogP contribution in [0.4, 0.5) is 0 Å². The number of pyridine rings is 2. The van der Waals surface area contributed by atoms with Gasteiger partial charge in [-0.3, -0.25) is 0 Å². The fourth-order valence-corrected chi connectivity index (χ4v) is 3.23. The first-order chi connectivity index (χ1) is 17.2. The van der Waals surface area contributed by atoms with E-state index in [4.69, 9.17) is 66.1 Å². The number of carboxylic acid groups (broad SMARTS) is 2. The van der Waals surface area contributed by atoms with Gasteiger partial charge in [-0.05, 0) is 48.5 Å². The Balaban J connectivity index is 0.000000201. The molecule has 12 heteroatoms. The molecule has 0 atom stereocenters. The van der Waals surface area contributed by atoms with E-state index in [1.165, 1.54) is 48.8 Å². The first kappa shape index (κ1) is 27.0. The molecule has 0 aliphatic heterocycles. The van der Waals surface area contributed by atoms with Gasteiger partial charge in [0.2, 0.25) is 11.8 Å². The van der Waals surface area contributed by atoms with Crippen molar-refractivity contribution < 1.29 is 29.3 Å². The zero-order chi connectivity index (χ0) is 26.2. The zero-order valence-electron chi connectivity index (χ0n) is 17.9. The fraction of sp³-hybridized carbons (Fsp3) is 0. The van der Waals surface area contributed by atoms with Gasteiger partial charge in [0.1, 0.15) is 22.6 Å². The quantitative estimate of drug-likeness (QED) is 0.242. The van der Waals surface area contributed by atoms with Crippen LogP contribution >= 0.6 is 46.4 Å². The number of carboxylic acids is 2. The minimum Gasteiger partial charge on any atom is -0.477 e. The van der Waals surface area contributed by atoms with Crippen LogP contribution in [-0.4, -0.2) is 32.1 Å². The Morgan fingerprint density at radius 1 is 0.639 bits per heavy atom. The molecule has 0 saturated carbocycles. The number of ether oxygens (including phenoxy) is 2. The summed E-state index contributed by atoms with van der Waals surface area (Å²) in [5, 5.41) is 19.5. The van der Waals surface area contributed by atoms with Crippen molar-refractivity contribution in [1.82, 2.24) is 9.97 Å². The van der Waals surface area contributed by atoms with Crippen molar-refractivity contribution in [2.45, 2.75) is 0 Å². The molecular weight excluding hydrogens is 554 g/mol. The second-order valence-corrected chi connectivity index (χ2v) is 8.36. The predicted octanol–water partition coefficient (Wildman–Crippen LogP) is 7.76. The molecule has 2 aromatic heterocycles. The van der Waals surface area contributed by atoms with Crippen LogP contribution in [0.15, 0.2) is 73.1 Å². The minimum absolute atomic E-state index is 0.0332. The monoisotopic (exact) mass is 566 g/mol. The Bertz CT molecular complexity index is 1310. The summed E-state index contributed by atoms with van der Waals surface area (Å²) in [6.07, 6.45) is 2.86. The second-order valence-electron chi connectivity index (χ2n) is 6.68. The number of carbonyl (C=O) groups is 2. The van der Waals surface area contributed by atoms with Gasteiger partial charge in [0, 0.05) is 34.6 Å². The van der Waals surface area contributed by atoms with Crippen LogP contribution in [0, 0.1) is 0 Å². The molecule has 0 aliphatic carbocycles. The Morgan fingerprint density at radius 2 is 1.03 bits per heavy atom. The smallest absolute Gasteiger partial charge is 0.341 e. The summed E-state index contributed by atoms with van der Waals surface area (Å²) in [5.41, 5.74) is -0.0953. The third-order valence-corrected chi connectivity index (χ3v) is 5.30. The molecule has 2 aromatic carbocycles. The van der Waals surface area contributed by atoms with Crippen molar-refractivity contribution in [3.8, 4) is 23.3 Å². The average Bonchev–Trinajstić information content (AvgIpc) is 2.84. The molecule has 0 unspecified atom stereocenters. The number of nitrogens with zero attached hydrogens (tertiary/aromatic N) is 2. The molecule has 0 amide bonds. The largest absolute Gasteiger partial charge is 0.477 e. The van der Waals surface area contributed by atoms with Gasteiger partial charge in [-0.15, -0.1) is 0 Å². The molecule has 2 heterocycles. The molecule has 2 N–H and O–H groups in total. The molecule has 0 aliphatic rings. The number of aromatic nitrogens is 2. The third kappa shape index (κ3) is 7.22. The van der Waals surface area contributed by atoms with Crippen molar-refractivity contribution >= 4 is 58.3 Å². The molecule has 8 nitrogen and oxygen atoms in total. The third-order valence-electron chi connectivity index (χ3n) is 4.20. The highest BCUT2D eigenvalue weighted by atomic mass is 35.5. The Hall–Kier alpha value is -3.56. The maximum Gasteiger partial charge on any atom is 0.341 e. The van der Waals surface area contributed by atoms with Crippen LogP contribution in [0.3, 0.4) is 0 Å². The average molecular weight is 568 g/mol. The van der Waals surface area contributed by atoms with Gasteiger partial charge in [0.15, 0.2) is 0 Å². The molecule has 0 saturated heterocycles. The van der Waals surface area contributed by atoms with E-state index >= 15 is 0 Å². The van der Waals surface area contributed by atoms with Gasteiger partial charge in [-0.1, -0.05) is 46.4 Å². The summed E-state index contributed by atoms with van der Waals surface area (Å²) in [4.78, 5) is 29.7. The summed E-state index contributed by atoms with van der Waals surface area (Å²) >= 11 is 23.5. The lowest BCUT2D eigenvalue weighted by atomic mass is 10.3.